The molecule has 20 heavy (non-hydrogen) atoms. The summed E-state index contributed by atoms with van der Waals surface area (Å²) in [5.74, 6) is -1.03. The van der Waals surface area contributed by atoms with Gasteiger partial charge in [-0.05, 0) is 18.6 Å². The molecule has 1 aromatic heterocycles. The highest BCUT2D eigenvalue weighted by Gasteiger charge is 2.28. The molecule has 0 radical (unpaired) electrons. The molecule has 7 heteroatoms. The zero-order valence-electron chi connectivity index (χ0n) is 11.0. The van der Waals surface area contributed by atoms with Crippen LogP contribution in [0.2, 0.25) is 0 Å². The maximum atomic E-state index is 12.3. The standard InChI is InChI=1S/C13H16N4O3/c14-8-12(19)17(10-3-5-15-6-4-10)13(20)9-16-7-1-2-11(16)18/h3-6H,1-2,7-9,14H2. The van der Waals surface area contributed by atoms with Gasteiger partial charge >= 0.3 is 0 Å². The van der Waals surface area contributed by atoms with Crippen LogP contribution in [0.15, 0.2) is 24.5 Å². The van der Waals surface area contributed by atoms with E-state index < -0.39 is 11.8 Å². The topological polar surface area (TPSA) is 96.6 Å². The molecule has 1 saturated heterocycles. The summed E-state index contributed by atoms with van der Waals surface area (Å²) in [4.78, 5) is 42.0. The number of imide groups is 1. The van der Waals surface area contributed by atoms with E-state index in [9.17, 15) is 14.4 Å². The van der Waals surface area contributed by atoms with Crippen molar-refractivity contribution in [3.8, 4) is 0 Å². The molecular weight excluding hydrogens is 260 g/mol. The van der Waals surface area contributed by atoms with Crippen LogP contribution in [0.5, 0.6) is 0 Å². The predicted octanol–water partition coefficient (Wildman–Crippen LogP) is -0.478. The van der Waals surface area contributed by atoms with Crippen molar-refractivity contribution in [2.24, 2.45) is 5.73 Å². The van der Waals surface area contributed by atoms with E-state index in [1.807, 2.05) is 0 Å². The summed E-state index contributed by atoms with van der Waals surface area (Å²) < 4.78 is 0. The van der Waals surface area contributed by atoms with Crippen LogP contribution in [-0.2, 0) is 14.4 Å². The summed E-state index contributed by atoms with van der Waals surface area (Å²) >= 11 is 0. The quantitative estimate of drug-likeness (QED) is 0.801. The van der Waals surface area contributed by atoms with Crippen molar-refractivity contribution in [1.82, 2.24) is 9.88 Å². The summed E-state index contributed by atoms with van der Waals surface area (Å²) in [7, 11) is 0. The van der Waals surface area contributed by atoms with Crippen molar-refractivity contribution in [2.75, 3.05) is 24.5 Å². The molecule has 1 aromatic rings. The Labute approximate surface area is 116 Å². The van der Waals surface area contributed by atoms with Gasteiger partial charge in [0.2, 0.25) is 11.8 Å². The number of hydrogen-bond donors (Lipinski definition) is 1. The molecule has 106 valence electrons. The number of hydrogen-bond acceptors (Lipinski definition) is 5. The molecule has 0 bridgehead atoms. The molecular formula is C13H16N4O3. The normalized spacial score (nSPS) is 14.4. The van der Waals surface area contributed by atoms with E-state index in [1.165, 1.54) is 17.3 Å². The first-order chi connectivity index (χ1) is 9.63. The van der Waals surface area contributed by atoms with E-state index in [1.54, 1.807) is 12.1 Å². The molecule has 0 saturated carbocycles. The highest BCUT2D eigenvalue weighted by atomic mass is 16.2. The third-order valence-electron chi connectivity index (χ3n) is 3.09. The first-order valence-corrected chi connectivity index (χ1v) is 6.37. The lowest BCUT2D eigenvalue weighted by Gasteiger charge is -2.23. The Hall–Kier alpha value is -2.28. The van der Waals surface area contributed by atoms with E-state index in [2.05, 4.69) is 4.98 Å². The van der Waals surface area contributed by atoms with Crippen LogP contribution in [0.25, 0.3) is 0 Å². The van der Waals surface area contributed by atoms with Crippen LogP contribution in [0.4, 0.5) is 5.69 Å². The summed E-state index contributed by atoms with van der Waals surface area (Å²) in [6, 6.07) is 3.11. The number of rotatable bonds is 4. The Morgan fingerprint density at radius 2 is 2.00 bits per heavy atom. The van der Waals surface area contributed by atoms with Crippen LogP contribution < -0.4 is 10.6 Å². The molecule has 0 aromatic carbocycles. The summed E-state index contributed by atoms with van der Waals surface area (Å²) in [5.41, 5.74) is 5.75. The fourth-order valence-electron chi connectivity index (χ4n) is 2.12. The number of likely N-dealkylation sites (tertiary alicyclic amines) is 1. The third kappa shape index (κ3) is 3.00. The molecule has 0 spiro atoms. The molecule has 2 heterocycles. The molecule has 2 rings (SSSR count). The summed E-state index contributed by atoms with van der Waals surface area (Å²) in [5, 5.41) is 0. The van der Waals surface area contributed by atoms with Gasteiger partial charge in [-0.15, -0.1) is 0 Å². The monoisotopic (exact) mass is 276 g/mol. The second kappa shape index (κ2) is 6.25. The first kappa shape index (κ1) is 14.1. The molecule has 7 nitrogen and oxygen atoms in total. The van der Waals surface area contributed by atoms with Gasteiger partial charge < -0.3 is 10.6 Å². The number of nitrogens with two attached hydrogens (primary N) is 1. The minimum Gasteiger partial charge on any atom is -0.333 e. The second-order valence-electron chi connectivity index (χ2n) is 4.45. The van der Waals surface area contributed by atoms with E-state index in [0.29, 0.717) is 18.7 Å². The maximum absolute atomic E-state index is 12.3. The number of anilines is 1. The number of pyridine rings is 1. The maximum Gasteiger partial charge on any atom is 0.253 e. The fraction of sp³-hybridized carbons (Fsp3) is 0.385. The lowest BCUT2D eigenvalue weighted by molar-refractivity contribution is -0.133. The van der Waals surface area contributed by atoms with Gasteiger partial charge in [0.1, 0.15) is 6.54 Å². The lowest BCUT2D eigenvalue weighted by Crippen LogP contribution is -2.46. The Morgan fingerprint density at radius 1 is 1.30 bits per heavy atom. The van der Waals surface area contributed by atoms with Gasteiger partial charge in [0, 0.05) is 25.4 Å². The Bertz CT molecular complexity index is 518. The van der Waals surface area contributed by atoms with Gasteiger partial charge in [0.15, 0.2) is 0 Å². The zero-order chi connectivity index (χ0) is 14.5. The van der Waals surface area contributed by atoms with E-state index in [-0.39, 0.29) is 19.0 Å². The molecule has 1 fully saturated rings. The largest absolute Gasteiger partial charge is 0.333 e. The molecule has 0 unspecified atom stereocenters. The molecule has 1 aliphatic rings. The lowest BCUT2D eigenvalue weighted by atomic mass is 10.3. The number of aromatic nitrogens is 1. The van der Waals surface area contributed by atoms with E-state index in [4.69, 9.17) is 5.73 Å². The molecule has 0 atom stereocenters. The summed E-state index contributed by atoms with van der Waals surface area (Å²) in [6.45, 7) is 0.167. The molecule has 0 aliphatic carbocycles. The van der Waals surface area contributed by atoms with Crippen molar-refractivity contribution in [3.05, 3.63) is 24.5 Å². The third-order valence-corrected chi connectivity index (χ3v) is 3.09. The van der Waals surface area contributed by atoms with Gasteiger partial charge in [-0.1, -0.05) is 0 Å². The van der Waals surface area contributed by atoms with E-state index in [0.717, 1.165) is 11.3 Å². The van der Waals surface area contributed by atoms with Crippen molar-refractivity contribution < 1.29 is 14.4 Å². The zero-order valence-corrected chi connectivity index (χ0v) is 11.0. The van der Waals surface area contributed by atoms with Crippen LogP contribution in [0.3, 0.4) is 0 Å². The molecule has 2 N–H and O–H groups in total. The number of carbonyl (C=O) groups is 3. The SMILES string of the molecule is NCC(=O)N(C(=O)CN1CCCC1=O)c1ccncc1. The molecule has 3 amide bonds. The Morgan fingerprint density at radius 3 is 2.55 bits per heavy atom. The van der Waals surface area contributed by atoms with Crippen LogP contribution >= 0.6 is 0 Å². The number of amides is 3. The first-order valence-electron chi connectivity index (χ1n) is 6.37. The highest BCUT2D eigenvalue weighted by molar-refractivity contribution is 6.16. The van der Waals surface area contributed by atoms with Crippen LogP contribution in [0, 0.1) is 0 Å². The fourth-order valence-corrected chi connectivity index (χ4v) is 2.12. The Balaban J connectivity index is 2.16. The summed E-state index contributed by atoms with van der Waals surface area (Å²) in [6.07, 6.45) is 4.17. The average Bonchev–Trinajstić information content (AvgIpc) is 2.85. The predicted molar refractivity (Wildman–Crippen MR) is 71.6 cm³/mol. The van der Waals surface area contributed by atoms with E-state index >= 15 is 0 Å². The number of carbonyl (C=O) groups excluding carboxylic acids is 3. The minimum absolute atomic E-state index is 0.0618. The van der Waals surface area contributed by atoms with Crippen molar-refractivity contribution in [3.63, 3.8) is 0 Å². The smallest absolute Gasteiger partial charge is 0.253 e. The van der Waals surface area contributed by atoms with Crippen molar-refractivity contribution >= 4 is 23.4 Å². The van der Waals surface area contributed by atoms with Crippen molar-refractivity contribution in [1.29, 1.82) is 0 Å². The van der Waals surface area contributed by atoms with Gasteiger partial charge in [-0.25, -0.2) is 4.90 Å². The van der Waals surface area contributed by atoms with Gasteiger partial charge in [0.25, 0.3) is 5.91 Å². The van der Waals surface area contributed by atoms with Crippen LogP contribution in [-0.4, -0.2) is 47.2 Å². The molecule has 1 aliphatic heterocycles. The van der Waals surface area contributed by atoms with Gasteiger partial charge in [-0.2, -0.15) is 0 Å². The minimum atomic E-state index is -0.507. The van der Waals surface area contributed by atoms with Gasteiger partial charge in [-0.3, -0.25) is 19.4 Å². The second-order valence-corrected chi connectivity index (χ2v) is 4.45. The number of nitrogens with zero attached hydrogens (tertiary/aromatic N) is 3. The highest BCUT2D eigenvalue weighted by Crippen LogP contribution is 2.15. The van der Waals surface area contributed by atoms with Crippen molar-refractivity contribution in [2.45, 2.75) is 12.8 Å². The van der Waals surface area contributed by atoms with Crippen LogP contribution in [0.1, 0.15) is 12.8 Å². The Kier molecular flexibility index (Phi) is 4.41. The average molecular weight is 276 g/mol. The van der Waals surface area contributed by atoms with Gasteiger partial charge in [0.05, 0.1) is 12.2 Å².